The molecule has 4 nitrogen and oxygen atoms in total. The lowest BCUT2D eigenvalue weighted by molar-refractivity contribution is 0.374. The van der Waals surface area contributed by atoms with Gasteiger partial charge >= 0.3 is 0 Å². The molecule has 0 radical (unpaired) electrons. The Bertz CT molecular complexity index is 359. The summed E-state index contributed by atoms with van der Waals surface area (Å²) in [7, 11) is 1.65. The number of nitrogens with zero attached hydrogens (tertiary/aromatic N) is 2. The van der Waals surface area contributed by atoms with E-state index in [0.717, 1.165) is 36.9 Å². The Labute approximate surface area is 96.2 Å². The van der Waals surface area contributed by atoms with E-state index in [2.05, 4.69) is 9.97 Å². The zero-order chi connectivity index (χ0) is 11.5. The second-order valence-corrected chi connectivity index (χ2v) is 4.50. The molecule has 1 aromatic heterocycles. The van der Waals surface area contributed by atoms with Gasteiger partial charge in [0.1, 0.15) is 6.33 Å². The Hall–Kier alpha value is -1.16. The number of ether oxygens (including phenoxy) is 1. The first-order valence-corrected chi connectivity index (χ1v) is 5.83. The fraction of sp³-hybridized carbons (Fsp3) is 0.667. The van der Waals surface area contributed by atoms with Crippen molar-refractivity contribution in [1.29, 1.82) is 0 Å². The van der Waals surface area contributed by atoms with Crippen molar-refractivity contribution >= 4 is 0 Å². The minimum atomic E-state index is 0.375. The van der Waals surface area contributed by atoms with Crippen LogP contribution in [0.4, 0.5) is 0 Å². The highest BCUT2D eigenvalue weighted by Gasteiger charge is 2.23. The quantitative estimate of drug-likeness (QED) is 0.827. The molecule has 1 saturated carbocycles. The fourth-order valence-corrected chi connectivity index (χ4v) is 2.46. The summed E-state index contributed by atoms with van der Waals surface area (Å²) in [6, 6.07) is 0.375. The first-order chi connectivity index (χ1) is 7.72. The Kier molecular flexibility index (Phi) is 3.39. The smallest absolute Gasteiger partial charge is 0.219 e. The highest BCUT2D eigenvalue weighted by molar-refractivity contribution is 5.30. The minimum absolute atomic E-state index is 0.375. The average molecular weight is 221 g/mol. The molecule has 16 heavy (non-hydrogen) atoms. The monoisotopic (exact) mass is 221 g/mol. The van der Waals surface area contributed by atoms with Gasteiger partial charge < -0.3 is 10.5 Å². The molecule has 0 spiro atoms. The molecule has 2 N–H and O–H groups in total. The fourth-order valence-electron chi connectivity index (χ4n) is 2.46. The van der Waals surface area contributed by atoms with Gasteiger partial charge in [-0.2, -0.15) is 0 Å². The Balaban J connectivity index is 2.20. The van der Waals surface area contributed by atoms with Gasteiger partial charge in [-0.15, -0.1) is 0 Å². The van der Waals surface area contributed by atoms with Crippen LogP contribution in [0.2, 0.25) is 0 Å². The summed E-state index contributed by atoms with van der Waals surface area (Å²) in [5.74, 6) is 1.22. The van der Waals surface area contributed by atoms with Crippen LogP contribution in [0.25, 0.3) is 0 Å². The van der Waals surface area contributed by atoms with E-state index >= 15 is 0 Å². The lowest BCUT2D eigenvalue weighted by Gasteiger charge is -2.26. The molecular formula is C12H19N3O. The maximum absolute atomic E-state index is 5.91. The van der Waals surface area contributed by atoms with E-state index in [-0.39, 0.29) is 0 Å². The van der Waals surface area contributed by atoms with Crippen molar-refractivity contribution < 1.29 is 4.74 Å². The molecule has 0 unspecified atom stereocenters. The average Bonchev–Trinajstić information content (AvgIpc) is 2.31. The molecule has 0 amide bonds. The Morgan fingerprint density at radius 3 is 2.56 bits per heavy atom. The van der Waals surface area contributed by atoms with E-state index in [4.69, 9.17) is 10.5 Å². The molecule has 0 aliphatic heterocycles. The molecule has 1 aromatic rings. The van der Waals surface area contributed by atoms with E-state index < -0.39 is 0 Å². The first kappa shape index (κ1) is 11.3. The topological polar surface area (TPSA) is 61.0 Å². The summed E-state index contributed by atoms with van der Waals surface area (Å²) in [6.45, 7) is 2.03. The van der Waals surface area contributed by atoms with Crippen molar-refractivity contribution in [2.75, 3.05) is 7.11 Å². The van der Waals surface area contributed by atoms with Gasteiger partial charge in [0, 0.05) is 17.5 Å². The van der Waals surface area contributed by atoms with Crippen LogP contribution in [-0.2, 0) is 0 Å². The third kappa shape index (κ3) is 2.16. The molecule has 0 aromatic carbocycles. The molecule has 88 valence electrons. The van der Waals surface area contributed by atoms with E-state index in [1.807, 2.05) is 6.92 Å². The lowest BCUT2D eigenvalue weighted by Crippen LogP contribution is -2.26. The van der Waals surface area contributed by atoms with Gasteiger partial charge in [-0.05, 0) is 32.6 Å². The zero-order valence-corrected chi connectivity index (χ0v) is 9.94. The lowest BCUT2D eigenvalue weighted by atomic mass is 9.83. The predicted octanol–water partition coefficient (Wildman–Crippen LogP) is 1.78. The third-order valence-electron chi connectivity index (χ3n) is 3.43. The molecule has 0 saturated heterocycles. The summed E-state index contributed by atoms with van der Waals surface area (Å²) in [5.41, 5.74) is 8.12. The van der Waals surface area contributed by atoms with Gasteiger partial charge in [-0.1, -0.05) is 0 Å². The number of hydrogen-bond donors (Lipinski definition) is 1. The van der Waals surface area contributed by atoms with E-state index in [9.17, 15) is 0 Å². The maximum Gasteiger partial charge on any atom is 0.219 e. The Morgan fingerprint density at radius 2 is 1.94 bits per heavy atom. The Morgan fingerprint density at radius 1 is 1.25 bits per heavy atom. The molecule has 1 heterocycles. The van der Waals surface area contributed by atoms with Crippen molar-refractivity contribution in [3.63, 3.8) is 0 Å². The largest absolute Gasteiger partial charge is 0.481 e. The predicted molar refractivity (Wildman–Crippen MR) is 62.5 cm³/mol. The highest BCUT2D eigenvalue weighted by Crippen LogP contribution is 2.34. The van der Waals surface area contributed by atoms with Gasteiger partial charge in [0.2, 0.25) is 5.88 Å². The van der Waals surface area contributed by atoms with E-state index in [1.54, 1.807) is 13.4 Å². The van der Waals surface area contributed by atoms with Crippen molar-refractivity contribution in [2.24, 2.45) is 5.73 Å². The van der Waals surface area contributed by atoms with Crippen molar-refractivity contribution in [3.05, 3.63) is 17.6 Å². The summed E-state index contributed by atoms with van der Waals surface area (Å²) >= 11 is 0. The second-order valence-electron chi connectivity index (χ2n) is 4.50. The maximum atomic E-state index is 5.91. The normalized spacial score (nSPS) is 25.4. The molecular weight excluding hydrogens is 202 g/mol. The SMILES string of the molecule is COc1ncnc(C2CCC(N)CC2)c1C. The molecule has 0 bridgehead atoms. The molecule has 1 aliphatic rings. The standard InChI is InChI=1S/C12H19N3O/c1-8-11(14-7-15-12(8)16-2)9-3-5-10(13)6-4-9/h7,9-10H,3-6,13H2,1-2H3. The van der Waals surface area contributed by atoms with Gasteiger partial charge in [-0.3, -0.25) is 0 Å². The molecule has 1 aliphatic carbocycles. The number of hydrogen-bond acceptors (Lipinski definition) is 4. The van der Waals surface area contributed by atoms with Gasteiger partial charge in [-0.25, -0.2) is 9.97 Å². The van der Waals surface area contributed by atoms with Crippen molar-refractivity contribution in [3.8, 4) is 5.88 Å². The molecule has 0 atom stereocenters. The van der Waals surface area contributed by atoms with Crippen LogP contribution >= 0.6 is 0 Å². The van der Waals surface area contributed by atoms with Crippen molar-refractivity contribution in [2.45, 2.75) is 44.6 Å². The van der Waals surface area contributed by atoms with Gasteiger partial charge in [0.05, 0.1) is 12.8 Å². The van der Waals surface area contributed by atoms with E-state index in [1.165, 1.54) is 0 Å². The third-order valence-corrected chi connectivity index (χ3v) is 3.43. The van der Waals surface area contributed by atoms with Crippen LogP contribution in [0.5, 0.6) is 5.88 Å². The van der Waals surface area contributed by atoms with Crippen LogP contribution in [0.3, 0.4) is 0 Å². The molecule has 1 fully saturated rings. The van der Waals surface area contributed by atoms with Crippen molar-refractivity contribution in [1.82, 2.24) is 9.97 Å². The second kappa shape index (κ2) is 4.78. The molecule has 4 heteroatoms. The number of aromatic nitrogens is 2. The zero-order valence-electron chi connectivity index (χ0n) is 9.94. The van der Waals surface area contributed by atoms with Crippen LogP contribution in [-0.4, -0.2) is 23.1 Å². The first-order valence-electron chi connectivity index (χ1n) is 5.83. The molecule has 2 rings (SSSR count). The van der Waals surface area contributed by atoms with Gasteiger partial charge in [0.25, 0.3) is 0 Å². The highest BCUT2D eigenvalue weighted by atomic mass is 16.5. The van der Waals surface area contributed by atoms with Crippen LogP contribution < -0.4 is 10.5 Å². The number of nitrogens with two attached hydrogens (primary N) is 1. The number of methoxy groups -OCH3 is 1. The summed E-state index contributed by atoms with van der Waals surface area (Å²) in [5, 5.41) is 0. The minimum Gasteiger partial charge on any atom is -0.481 e. The summed E-state index contributed by atoms with van der Waals surface area (Å²) in [4.78, 5) is 8.51. The van der Waals surface area contributed by atoms with Crippen LogP contribution in [0.15, 0.2) is 6.33 Å². The van der Waals surface area contributed by atoms with Crippen LogP contribution in [0, 0.1) is 6.92 Å². The summed E-state index contributed by atoms with van der Waals surface area (Å²) < 4.78 is 5.22. The summed E-state index contributed by atoms with van der Waals surface area (Å²) in [6.07, 6.45) is 6.03. The van der Waals surface area contributed by atoms with E-state index in [0.29, 0.717) is 17.8 Å². The number of rotatable bonds is 2. The van der Waals surface area contributed by atoms with Crippen LogP contribution in [0.1, 0.15) is 42.9 Å². The van der Waals surface area contributed by atoms with Gasteiger partial charge in [0.15, 0.2) is 0 Å².